The largest absolute Gasteiger partial charge is 0.486 e. The second kappa shape index (κ2) is 6.55. The summed E-state index contributed by atoms with van der Waals surface area (Å²) in [5.41, 5.74) is 2.03. The highest BCUT2D eigenvalue weighted by Gasteiger charge is 2.38. The van der Waals surface area contributed by atoms with E-state index in [2.05, 4.69) is 5.32 Å². The van der Waals surface area contributed by atoms with Crippen molar-refractivity contribution >= 4 is 23.1 Å². The highest BCUT2D eigenvalue weighted by atomic mass is 16.6. The Morgan fingerprint density at radius 3 is 2.42 bits per heavy atom. The molecule has 132 valence electrons. The summed E-state index contributed by atoms with van der Waals surface area (Å²) < 4.78 is 11.1. The minimum absolute atomic E-state index is 0.278. The fourth-order valence-electron chi connectivity index (χ4n) is 3.12. The van der Waals surface area contributed by atoms with E-state index in [-0.39, 0.29) is 17.5 Å². The summed E-state index contributed by atoms with van der Waals surface area (Å²) in [6, 6.07) is 14.6. The second-order valence-electron chi connectivity index (χ2n) is 5.95. The molecule has 2 amide bonds. The lowest BCUT2D eigenvalue weighted by atomic mass is 10.0. The molecular weight excluding hydrogens is 332 g/mol. The van der Waals surface area contributed by atoms with E-state index >= 15 is 0 Å². The van der Waals surface area contributed by atoms with Crippen LogP contribution in [0.2, 0.25) is 0 Å². The molecule has 26 heavy (non-hydrogen) atoms. The number of carbonyl (C=O) groups excluding carboxylic acids is 2. The summed E-state index contributed by atoms with van der Waals surface area (Å²) >= 11 is 0. The molecule has 0 aliphatic carbocycles. The first-order valence-corrected chi connectivity index (χ1v) is 8.51. The van der Waals surface area contributed by atoms with Gasteiger partial charge in [0.05, 0.1) is 5.57 Å². The van der Waals surface area contributed by atoms with Gasteiger partial charge in [-0.1, -0.05) is 30.3 Å². The molecule has 2 heterocycles. The van der Waals surface area contributed by atoms with Crippen molar-refractivity contribution in [3.8, 4) is 11.5 Å². The monoisotopic (exact) mass is 350 g/mol. The number of anilines is 1. The summed E-state index contributed by atoms with van der Waals surface area (Å²) in [6.45, 7) is 3.10. The number of hydrogen-bond donors (Lipinski definition) is 1. The van der Waals surface area contributed by atoms with Crippen LogP contribution in [0, 0.1) is 0 Å². The Hall–Kier alpha value is -3.28. The van der Waals surface area contributed by atoms with Crippen LogP contribution in [0.15, 0.2) is 54.2 Å². The molecule has 1 N–H and O–H groups in total. The van der Waals surface area contributed by atoms with Gasteiger partial charge in [0.1, 0.15) is 18.9 Å². The average molecular weight is 350 g/mol. The first-order valence-electron chi connectivity index (χ1n) is 8.51. The predicted octanol–water partition coefficient (Wildman–Crippen LogP) is 2.67. The lowest BCUT2D eigenvalue weighted by Crippen LogP contribution is -2.32. The smallest absolute Gasteiger partial charge is 0.278 e. The fourth-order valence-corrected chi connectivity index (χ4v) is 3.12. The molecule has 6 heteroatoms. The first kappa shape index (κ1) is 16.2. The Morgan fingerprint density at radius 2 is 1.69 bits per heavy atom. The molecule has 0 atom stereocenters. The lowest BCUT2D eigenvalue weighted by Gasteiger charge is -2.19. The van der Waals surface area contributed by atoms with Crippen molar-refractivity contribution in [1.82, 2.24) is 4.90 Å². The van der Waals surface area contributed by atoms with E-state index in [0.29, 0.717) is 48.1 Å². The van der Waals surface area contributed by atoms with E-state index in [4.69, 9.17) is 9.47 Å². The van der Waals surface area contributed by atoms with Crippen LogP contribution in [0.3, 0.4) is 0 Å². The van der Waals surface area contributed by atoms with E-state index in [9.17, 15) is 9.59 Å². The standard InChI is InChI=1S/C20H18N2O4/c1-2-22-19(23)17(13-6-4-3-5-7-13)18(20(22)24)21-14-8-9-15-16(12-14)26-11-10-25-15/h3-9,12,21H,2,10-11H2,1H3. The highest BCUT2D eigenvalue weighted by molar-refractivity contribution is 6.36. The molecular formula is C20H18N2O4. The van der Waals surface area contributed by atoms with Crippen LogP contribution >= 0.6 is 0 Å². The van der Waals surface area contributed by atoms with E-state index in [1.54, 1.807) is 25.1 Å². The van der Waals surface area contributed by atoms with E-state index in [1.807, 2.05) is 30.3 Å². The van der Waals surface area contributed by atoms with Crippen LogP contribution in [0.4, 0.5) is 5.69 Å². The number of imide groups is 1. The molecule has 6 nitrogen and oxygen atoms in total. The van der Waals surface area contributed by atoms with Crippen molar-refractivity contribution in [3.05, 3.63) is 59.8 Å². The number of hydrogen-bond acceptors (Lipinski definition) is 5. The number of amides is 2. The summed E-state index contributed by atoms with van der Waals surface area (Å²) in [7, 11) is 0. The molecule has 2 aliphatic heterocycles. The maximum atomic E-state index is 12.8. The van der Waals surface area contributed by atoms with Crippen molar-refractivity contribution in [2.45, 2.75) is 6.92 Å². The molecule has 0 radical (unpaired) electrons. The molecule has 0 spiro atoms. The molecule has 2 aromatic carbocycles. The summed E-state index contributed by atoms with van der Waals surface area (Å²) in [4.78, 5) is 26.7. The van der Waals surface area contributed by atoms with Crippen molar-refractivity contribution < 1.29 is 19.1 Å². The zero-order chi connectivity index (χ0) is 18.1. The predicted molar refractivity (Wildman–Crippen MR) is 96.8 cm³/mol. The molecule has 0 saturated heterocycles. The van der Waals surface area contributed by atoms with Crippen molar-refractivity contribution in [1.29, 1.82) is 0 Å². The molecule has 2 aromatic rings. The summed E-state index contributed by atoms with van der Waals surface area (Å²) in [5, 5.41) is 3.12. The molecule has 4 rings (SSSR count). The second-order valence-corrected chi connectivity index (χ2v) is 5.95. The van der Waals surface area contributed by atoms with Gasteiger partial charge in [-0.15, -0.1) is 0 Å². The first-order chi connectivity index (χ1) is 12.7. The van der Waals surface area contributed by atoms with Gasteiger partial charge in [-0.05, 0) is 24.6 Å². The van der Waals surface area contributed by atoms with Gasteiger partial charge < -0.3 is 14.8 Å². The number of benzene rings is 2. The minimum Gasteiger partial charge on any atom is -0.486 e. The molecule has 0 aromatic heterocycles. The van der Waals surface area contributed by atoms with Gasteiger partial charge in [-0.3, -0.25) is 14.5 Å². The fraction of sp³-hybridized carbons (Fsp3) is 0.200. The lowest BCUT2D eigenvalue weighted by molar-refractivity contribution is -0.136. The zero-order valence-electron chi connectivity index (χ0n) is 14.3. The summed E-state index contributed by atoms with van der Waals surface area (Å²) in [6.07, 6.45) is 0. The quantitative estimate of drug-likeness (QED) is 0.859. The molecule has 0 fully saturated rings. The number of ether oxygens (including phenoxy) is 2. The molecule has 0 unspecified atom stereocenters. The van der Waals surface area contributed by atoms with E-state index in [1.165, 1.54) is 4.90 Å². The third-order valence-electron chi connectivity index (χ3n) is 4.36. The highest BCUT2D eigenvalue weighted by Crippen LogP contribution is 2.35. The number of fused-ring (bicyclic) bond motifs is 1. The van der Waals surface area contributed by atoms with Crippen LogP contribution in [0.1, 0.15) is 12.5 Å². The van der Waals surface area contributed by atoms with Crippen LogP contribution in [0.5, 0.6) is 11.5 Å². The van der Waals surface area contributed by atoms with Crippen LogP contribution in [-0.2, 0) is 9.59 Å². The Kier molecular flexibility index (Phi) is 4.08. The van der Waals surface area contributed by atoms with Gasteiger partial charge in [-0.2, -0.15) is 0 Å². The van der Waals surface area contributed by atoms with Gasteiger partial charge in [0.2, 0.25) is 0 Å². The number of nitrogens with one attached hydrogen (secondary N) is 1. The zero-order valence-corrected chi connectivity index (χ0v) is 14.3. The van der Waals surface area contributed by atoms with Gasteiger partial charge in [0.15, 0.2) is 11.5 Å². The van der Waals surface area contributed by atoms with Crippen molar-refractivity contribution in [2.24, 2.45) is 0 Å². The Morgan fingerprint density at radius 1 is 0.962 bits per heavy atom. The third-order valence-corrected chi connectivity index (χ3v) is 4.36. The van der Waals surface area contributed by atoms with Crippen LogP contribution < -0.4 is 14.8 Å². The molecule has 0 bridgehead atoms. The minimum atomic E-state index is -0.328. The van der Waals surface area contributed by atoms with E-state index < -0.39 is 0 Å². The Balaban J connectivity index is 1.75. The number of carbonyl (C=O) groups is 2. The maximum absolute atomic E-state index is 12.8. The van der Waals surface area contributed by atoms with Crippen LogP contribution in [-0.4, -0.2) is 36.5 Å². The Bertz CT molecular complexity index is 905. The maximum Gasteiger partial charge on any atom is 0.278 e. The molecule has 0 saturated carbocycles. The van der Waals surface area contributed by atoms with Gasteiger partial charge >= 0.3 is 0 Å². The van der Waals surface area contributed by atoms with Crippen molar-refractivity contribution in [2.75, 3.05) is 25.1 Å². The third kappa shape index (κ3) is 2.69. The topological polar surface area (TPSA) is 67.9 Å². The normalized spacial score (nSPS) is 16.3. The van der Waals surface area contributed by atoms with Gasteiger partial charge in [-0.25, -0.2) is 0 Å². The van der Waals surface area contributed by atoms with Crippen LogP contribution in [0.25, 0.3) is 5.57 Å². The number of likely N-dealkylation sites (N-methyl/N-ethyl adjacent to an activating group) is 1. The average Bonchev–Trinajstić information content (AvgIpc) is 2.91. The number of nitrogens with zero attached hydrogens (tertiary/aromatic N) is 1. The number of rotatable bonds is 4. The SMILES string of the molecule is CCN1C(=O)C(Nc2ccc3c(c2)OCCO3)=C(c2ccccc2)C1=O. The van der Waals surface area contributed by atoms with Gasteiger partial charge in [0.25, 0.3) is 11.8 Å². The van der Waals surface area contributed by atoms with E-state index in [0.717, 1.165) is 0 Å². The summed E-state index contributed by atoms with van der Waals surface area (Å²) in [5.74, 6) is 0.672. The van der Waals surface area contributed by atoms with Gasteiger partial charge in [0, 0.05) is 18.3 Å². The van der Waals surface area contributed by atoms with Crippen molar-refractivity contribution in [3.63, 3.8) is 0 Å². The Labute approximate surface area is 151 Å². The molecule has 2 aliphatic rings.